The van der Waals surface area contributed by atoms with Gasteiger partial charge in [0, 0.05) is 5.02 Å². The molecule has 0 amide bonds. The highest BCUT2D eigenvalue weighted by atomic mass is 35.5. The maximum absolute atomic E-state index is 9.88. The molecule has 0 bridgehead atoms. The molecule has 2 rings (SSSR count). The predicted octanol–water partition coefficient (Wildman–Crippen LogP) is -0.0334. The SMILES string of the molecule is OC[C@H]1O[C@@H](NC(=S)N=NCc2cccc(Cl)c2)[C@H](O)[C@@H](O)[C@@H]1O. The fraction of sp³-hybridized carbons (Fsp3) is 0.500. The van der Waals surface area contributed by atoms with Crippen molar-refractivity contribution >= 4 is 28.9 Å². The number of ether oxygens (including phenoxy) is 1. The number of benzene rings is 1. The number of hydrogen-bond donors (Lipinski definition) is 5. The van der Waals surface area contributed by atoms with Crippen molar-refractivity contribution in [1.29, 1.82) is 0 Å². The van der Waals surface area contributed by atoms with Crippen LogP contribution in [-0.2, 0) is 11.3 Å². The monoisotopic (exact) mass is 375 g/mol. The van der Waals surface area contributed by atoms with Crippen LogP contribution in [0.2, 0.25) is 5.02 Å². The third-order valence-corrected chi connectivity index (χ3v) is 3.90. The minimum Gasteiger partial charge on any atom is -0.394 e. The van der Waals surface area contributed by atoms with Crippen molar-refractivity contribution in [2.24, 2.45) is 10.2 Å². The summed E-state index contributed by atoms with van der Waals surface area (Å²) in [5, 5.41) is 49.2. The molecular weight excluding hydrogens is 358 g/mol. The second-order valence-corrected chi connectivity index (χ2v) is 6.05. The van der Waals surface area contributed by atoms with Gasteiger partial charge in [0.1, 0.15) is 24.4 Å². The van der Waals surface area contributed by atoms with E-state index in [1.54, 1.807) is 18.2 Å². The van der Waals surface area contributed by atoms with Crippen molar-refractivity contribution in [3.8, 4) is 0 Å². The first-order valence-corrected chi connectivity index (χ1v) is 7.94. The number of nitrogens with zero attached hydrogens (tertiary/aromatic N) is 2. The maximum Gasteiger partial charge on any atom is 0.215 e. The summed E-state index contributed by atoms with van der Waals surface area (Å²) in [7, 11) is 0. The molecule has 132 valence electrons. The van der Waals surface area contributed by atoms with E-state index in [9.17, 15) is 15.3 Å². The van der Waals surface area contributed by atoms with E-state index in [2.05, 4.69) is 15.5 Å². The topological polar surface area (TPSA) is 127 Å². The molecule has 0 saturated carbocycles. The average molecular weight is 376 g/mol. The molecule has 1 aromatic rings. The molecule has 5 atom stereocenters. The quantitative estimate of drug-likeness (QED) is 0.369. The number of aliphatic hydroxyl groups excluding tert-OH is 4. The lowest BCUT2D eigenvalue weighted by Gasteiger charge is -2.40. The molecule has 5 N–H and O–H groups in total. The summed E-state index contributed by atoms with van der Waals surface area (Å²) in [6, 6.07) is 7.11. The first-order valence-electron chi connectivity index (χ1n) is 7.15. The first kappa shape index (κ1) is 19.1. The van der Waals surface area contributed by atoms with Crippen LogP contribution < -0.4 is 5.32 Å². The standard InChI is InChI=1S/C14H18ClN3O5S/c15-8-3-1-2-7(4-8)5-16-18-14(24)17-13-12(22)11(21)10(20)9(6-19)23-13/h1-4,9-13,19-22H,5-6H2,(H,17,24)/t9-,10-,11+,12-,13-/m1/s1. The molecule has 8 nitrogen and oxygen atoms in total. The Morgan fingerprint density at radius 2 is 2.00 bits per heavy atom. The van der Waals surface area contributed by atoms with E-state index in [0.717, 1.165) is 5.56 Å². The van der Waals surface area contributed by atoms with Gasteiger partial charge in [-0.25, -0.2) is 0 Å². The van der Waals surface area contributed by atoms with E-state index < -0.39 is 37.3 Å². The van der Waals surface area contributed by atoms with Gasteiger partial charge in [-0.05, 0) is 29.9 Å². The Labute approximate surface area is 148 Å². The number of halogens is 1. The van der Waals surface area contributed by atoms with Gasteiger partial charge in [0.2, 0.25) is 5.11 Å². The minimum atomic E-state index is -1.49. The summed E-state index contributed by atoms with van der Waals surface area (Å²) in [5.41, 5.74) is 0.849. The third kappa shape index (κ3) is 4.90. The van der Waals surface area contributed by atoms with Gasteiger partial charge in [0.05, 0.1) is 13.2 Å². The van der Waals surface area contributed by atoms with Crippen LogP contribution in [0, 0.1) is 0 Å². The Balaban J connectivity index is 1.90. The number of aliphatic hydroxyl groups is 4. The molecule has 10 heteroatoms. The zero-order valence-electron chi connectivity index (χ0n) is 12.5. The Bertz CT molecular complexity index is 604. The van der Waals surface area contributed by atoms with E-state index in [1.807, 2.05) is 6.07 Å². The van der Waals surface area contributed by atoms with Crippen LogP contribution >= 0.6 is 23.8 Å². The van der Waals surface area contributed by atoms with E-state index in [4.69, 9.17) is 33.7 Å². The molecule has 0 radical (unpaired) electrons. The molecule has 0 unspecified atom stereocenters. The molecule has 1 fully saturated rings. The highest BCUT2D eigenvalue weighted by Crippen LogP contribution is 2.19. The van der Waals surface area contributed by atoms with Crippen LogP contribution in [0.25, 0.3) is 0 Å². The molecule has 1 aliphatic rings. The van der Waals surface area contributed by atoms with E-state index in [0.29, 0.717) is 5.02 Å². The van der Waals surface area contributed by atoms with Gasteiger partial charge in [-0.1, -0.05) is 23.7 Å². The molecule has 1 heterocycles. The minimum absolute atomic E-state index is 0.0682. The summed E-state index contributed by atoms with van der Waals surface area (Å²) >= 11 is 10.8. The Morgan fingerprint density at radius 1 is 1.25 bits per heavy atom. The van der Waals surface area contributed by atoms with Gasteiger partial charge < -0.3 is 30.5 Å². The first-order chi connectivity index (χ1) is 11.4. The smallest absolute Gasteiger partial charge is 0.215 e. The number of hydrogen-bond acceptors (Lipinski definition) is 7. The molecule has 1 saturated heterocycles. The normalized spacial score (nSPS) is 30.5. The number of thiocarbonyl (C=S) groups is 1. The van der Waals surface area contributed by atoms with E-state index >= 15 is 0 Å². The van der Waals surface area contributed by atoms with Crippen molar-refractivity contribution in [2.45, 2.75) is 37.2 Å². The Kier molecular flexibility index (Phi) is 6.99. The van der Waals surface area contributed by atoms with Crippen LogP contribution in [-0.4, -0.2) is 62.8 Å². The van der Waals surface area contributed by atoms with Gasteiger partial charge in [-0.15, -0.1) is 5.11 Å². The lowest BCUT2D eigenvalue weighted by molar-refractivity contribution is -0.232. The van der Waals surface area contributed by atoms with Gasteiger partial charge in [-0.2, -0.15) is 5.11 Å². The van der Waals surface area contributed by atoms with Gasteiger partial charge in [0.15, 0.2) is 6.23 Å². The zero-order valence-corrected chi connectivity index (χ0v) is 14.1. The molecule has 1 aromatic carbocycles. The summed E-state index contributed by atoms with van der Waals surface area (Å²) < 4.78 is 5.25. The van der Waals surface area contributed by atoms with Crippen molar-refractivity contribution in [2.75, 3.05) is 6.61 Å². The van der Waals surface area contributed by atoms with Crippen molar-refractivity contribution in [3.05, 3.63) is 34.9 Å². The summed E-state index contributed by atoms with van der Waals surface area (Å²) in [4.78, 5) is 0. The zero-order chi connectivity index (χ0) is 17.7. The summed E-state index contributed by atoms with van der Waals surface area (Å²) in [5.74, 6) is 0. The van der Waals surface area contributed by atoms with Crippen molar-refractivity contribution in [3.63, 3.8) is 0 Å². The lowest BCUT2D eigenvalue weighted by atomic mass is 9.98. The largest absolute Gasteiger partial charge is 0.394 e. The van der Waals surface area contributed by atoms with E-state index in [1.165, 1.54) is 0 Å². The van der Waals surface area contributed by atoms with Crippen LogP contribution in [0.15, 0.2) is 34.5 Å². The van der Waals surface area contributed by atoms with Crippen LogP contribution in [0.5, 0.6) is 0 Å². The van der Waals surface area contributed by atoms with Gasteiger partial charge in [-0.3, -0.25) is 0 Å². The predicted molar refractivity (Wildman–Crippen MR) is 89.5 cm³/mol. The molecule has 0 aliphatic carbocycles. The maximum atomic E-state index is 9.88. The van der Waals surface area contributed by atoms with Crippen LogP contribution in [0.4, 0.5) is 0 Å². The highest BCUT2D eigenvalue weighted by Gasteiger charge is 2.43. The Hall–Kier alpha value is -1.20. The lowest BCUT2D eigenvalue weighted by Crippen LogP contribution is -2.62. The molecule has 1 aliphatic heterocycles. The molecule has 24 heavy (non-hydrogen) atoms. The molecule has 0 spiro atoms. The van der Waals surface area contributed by atoms with Gasteiger partial charge >= 0.3 is 0 Å². The Morgan fingerprint density at radius 3 is 2.67 bits per heavy atom. The number of azo groups is 1. The van der Waals surface area contributed by atoms with E-state index in [-0.39, 0.29) is 11.7 Å². The average Bonchev–Trinajstić information content (AvgIpc) is 2.55. The number of nitrogens with one attached hydrogen (secondary N) is 1. The number of rotatable bonds is 4. The molecule has 0 aromatic heterocycles. The van der Waals surface area contributed by atoms with Crippen molar-refractivity contribution in [1.82, 2.24) is 5.32 Å². The third-order valence-electron chi connectivity index (χ3n) is 3.46. The van der Waals surface area contributed by atoms with Crippen LogP contribution in [0.3, 0.4) is 0 Å². The molecular formula is C14H18ClN3O5S. The second kappa shape index (κ2) is 8.77. The fourth-order valence-corrected chi connectivity index (χ4v) is 2.57. The highest BCUT2D eigenvalue weighted by molar-refractivity contribution is 7.80. The van der Waals surface area contributed by atoms with Gasteiger partial charge in [0.25, 0.3) is 0 Å². The fourth-order valence-electron chi connectivity index (χ4n) is 2.19. The van der Waals surface area contributed by atoms with Crippen LogP contribution in [0.1, 0.15) is 5.56 Å². The summed E-state index contributed by atoms with van der Waals surface area (Å²) in [6.07, 6.45) is -6.50. The van der Waals surface area contributed by atoms with Crippen molar-refractivity contribution < 1.29 is 25.2 Å². The summed E-state index contributed by atoms with van der Waals surface area (Å²) in [6.45, 7) is -0.261. The second-order valence-electron chi connectivity index (χ2n) is 5.23.